The number of ether oxygens (including phenoxy) is 1. The monoisotopic (exact) mass is 419 g/mol. The van der Waals surface area contributed by atoms with Crippen LogP contribution in [0.5, 0.6) is 5.75 Å². The lowest BCUT2D eigenvalue weighted by Crippen LogP contribution is -2.10. The minimum absolute atomic E-state index is 0.0311. The molecule has 0 fully saturated rings. The third-order valence-corrected chi connectivity index (χ3v) is 5.41. The van der Waals surface area contributed by atoms with Crippen LogP contribution in [0.4, 0.5) is 4.39 Å². The molecule has 0 N–H and O–H groups in total. The summed E-state index contributed by atoms with van der Waals surface area (Å²) in [5.41, 5.74) is 2.18. The summed E-state index contributed by atoms with van der Waals surface area (Å²) >= 11 is 0. The van der Waals surface area contributed by atoms with Crippen LogP contribution in [0, 0.1) is 5.82 Å². The Labute approximate surface area is 176 Å². The van der Waals surface area contributed by atoms with E-state index in [4.69, 9.17) is 13.6 Å². The van der Waals surface area contributed by atoms with Gasteiger partial charge in [0.2, 0.25) is 0 Å². The molecule has 156 valence electrons. The van der Waals surface area contributed by atoms with E-state index in [1.54, 1.807) is 30.3 Å². The van der Waals surface area contributed by atoms with Crippen LogP contribution in [-0.4, -0.2) is 11.0 Å². The number of hydrogen-bond acceptors (Lipinski definition) is 6. The fraction of sp³-hybridized carbons (Fsp3) is 0.208. The minimum Gasteiger partial charge on any atom is -0.441 e. The Bertz CT molecular complexity index is 1350. The maximum absolute atomic E-state index is 13.9. The molecule has 2 heterocycles. The average Bonchev–Trinajstić information content (AvgIpc) is 3.43. The van der Waals surface area contributed by atoms with Crippen molar-refractivity contribution in [1.82, 2.24) is 4.98 Å². The van der Waals surface area contributed by atoms with Gasteiger partial charge in [-0.3, -0.25) is 4.79 Å². The molecule has 0 spiro atoms. The van der Waals surface area contributed by atoms with Gasteiger partial charge in [-0.1, -0.05) is 12.1 Å². The van der Waals surface area contributed by atoms with E-state index in [1.807, 2.05) is 6.07 Å². The predicted octanol–water partition coefficient (Wildman–Crippen LogP) is 4.61. The second-order valence-electron chi connectivity index (χ2n) is 7.43. The number of carbonyl (C=O) groups is 1. The fourth-order valence-corrected chi connectivity index (χ4v) is 3.93. The molecule has 2 aromatic carbocycles. The van der Waals surface area contributed by atoms with Gasteiger partial charge in [-0.15, -0.1) is 0 Å². The van der Waals surface area contributed by atoms with Gasteiger partial charge in [-0.05, 0) is 49.1 Å². The summed E-state index contributed by atoms with van der Waals surface area (Å²) in [6.45, 7) is 0. The van der Waals surface area contributed by atoms with E-state index in [9.17, 15) is 14.0 Å². The van der Waals surface area contributed by atoms with Crippen LogP contribution in [0.2, 0.25) is 0 Å². The molecule has 1 aliphatic rings. The van der Waals surface area contributed by atoms with Gasteiger partial charge >= 0.3 is 11.6 Å². The Morgan fingerprint density at radius 3 is 2.81 bits per heavy atom. The molecule has 0 aliphatic heterocycles. The van der Waals surface area contributed by atoms with Crippen molar-refractivity contribution in [1.29, 1.82) is 0 Å². The first-order valence-corrected chi connectivity index (χ1v) is 10.1. The van der Waals surface area contributed by atoms with E-state index in [-0.39, 0.29) is 18.5 Å². The summed E-state index contributed by atoms with van der Waals surface area (Å²) in [5.74, 6) is 0.0404. The second-order valence-corrected chi connectivity index (χ2v) is 7.43. The molecule has 6 nitrogen and oxygen atoms in total. The number of hydrogen-bond donors (Lipinski definition) is 0. The molecule has 0 radical (unpaired) electrons. The number of esters is 1. The maximum atomic E-state index is 13.9. The molecule has 0 bridgehead atoms. The van der Waals surface area contributed by atoms with Crippen LogP contribution in [0.25, 0.3) is 22.3 Å². The molecular weight excluding hydrogens is 401 g/mol. The molecule has 0 atom stereocenters. The fourth-order valence-electron chi connectivity index (χ4n) is 3.93. The quantitative estimate of drug-likeness (QED) is 0.267. The van der Waals surface area contributed by atoms with Gasteiger partial charge in [0, 0.05) is 23.4 Å². The highest BCUT2D eigenvalue weighted by molar-refractivity contribution is 5.84. The molecule has 4 aromatic rings. The van der Waals surface area contributed by atoms with Gasteiger partial charge in [0.05, 0.1) is 18.2 Å². The first-order valence-electron chi connectivity index (χ1n) is 10.1. The van der Waals surface area contributed by atoms with Crippen molar-refractivity contribution in [2.24, 2.45) is 0 Å². The van der Waals surface area contributed by atoms with Crippen LogP contribution in [0.15, 0.2) is 62.3 Å². The van der Waals surface area contributed by atoms with Crippen molar-refractivity contribution >= 4 is 16.9 Å². The molecule has 0 unspecified atom stereocenters. The van der Waals surface area contributed by atoms with Crippen LogP contribution < -0.4 is 10.4 Å². The van der Waals surface area contributed by atoms with Crippen LogP contribution in [0.3, 0.4) is 0 Å². The highest BCUT2D eigenvalue weighted by Gasteiger charge is 2.20. The summed E-state index contributed by atoms with van der Waals surface area (Å²) in [6, 6.07) is 11.3. The Morgan fingerprint density at radius 2 is 1.94 bits per heavy atom. The van der Waals surface area contributed by atoms with E-state index in [0.717, 1.165) is 35.8 Å². The topological polar surface area (TPSA) is 82.5 Å². The predicted molar refractivity (Wildman–Crippen MR) is 110 cm³/mol. The number of nitrogens with zero attached hydrogens (tertiary/aromatic N) is 1. The van der Waals surface area contributed by atoms with Crippen molar-refractivity contribution in [3.05, 3.63) is 81.9 Å². The first kappa shape index (κ1) is 19.2. The van der Waals surface area contributed by atoms with Crippen LogP contribution in [-0.2, 0) is 24.1 Å². The lowest BCUT2D eigenvalue weighted by molar-refractivity contribution is -0.134. The zero-order valence-electron chi connectivity index (χ0n) is 16.5. The molecular formula is C24H18FNO5. The summed E-state index contributed by atoms with van der Waals surface area (Å²) in [6.07, 6.45) is 4.20. The average molecular weight is 419 g/mol. The zero-order chi connectivity index (χ0) is 21.4. The molecule has 7 heteroatoms. The minimum atomic E-state index is -0.478. The highest BCUT2D eigenvalue weighted by Crippen LogP contribution is 2.30. The van der Waals surface area contributed by atoms with Crippen molar-refractivity contribution in [3.63, 3.8) is 0 Å². The van der Waals surface area contributed by atoms with Crippen molar-refractivity contribution in [2.75, 3.05) is 0 Å². The first-order chi connectivity index (χ1) is 15.1. The van der Waals surface area contributed by atoms with Crippen molar-refractivity contribution < 1.29 is 22.8 Å². The lowest BCUT2D eigenvalue weighted by atomic mass is 10.1. The molecule has 0 amide bonds. The van der Waals surface area contributed by atoms with E-state index in [2.05, 4.69) is 4.98 Å². The number of carbonyl (C=O) groups excluding carboxylic acids is 1. The smallest absolute Gasteiger partial charge is 0.339 e. The van der Waals surface area contributed by atoms with E-state index in [0.29, 0.717) is 28.5 Å². The normalized spacial score (nSPS) is 12.8. The maximum Gasteiger partial charge on any atom is 0.339 e. The highest BCUT2D eigenvalue weighted by atomic mass is 19.1. The van der Waals surface area contributed by atoms with E-state index >= 15 is 0 Å². The molecule has 0 saturated heterocycles. The molecule has 5 rings (SSSR count). The number of fused-ring (bicyclic) bond motifs is 3. The summed E-state index contributed by atoms with van der Waals surface area (Å²) in [7, 11) is 0. The molecule has 0 saturated carbocycles. The Morgan fingerprint density at radius 1 is 1.10 bits per heavy atom. The van der Waals surface area contributed by atoms with E-state index < -0.39 is 11.8 Å². The number of oxazole rings is 1. The third-order valence-electron chi connectivity index (χ3n) is 5.41. The zero-order valence-corrected chi connectivity index (χ0v) is 16.5. The van der Waals surface area contributed by atoms with Gasteiger partial charge in [-0.25, -0.2) is 14.2 Å². The standard InChI is InChI=1S/C24H18FNO5/c25-19-7-2-1-4-18(19)21-13-26-22(30-21)10-11-23(27)29-14-8-9-16-15-5-3-6-17(15)24(28)31-20(16)12-14/h1-2,4,7-9,12-13H,3,5-6,10-11H2. The molecule has 1 aliphatic carbocycles. The van der Waals surface area contributed by atoms with Crippen LogP contribution >= 0.6 is 0 Å². The number of rotatable bonds is 5. The van der Waals surface area contributed by atoms with Gasteiger partial charge in [0.15, 0.2) is 11.7 Å². The summed E-state index contributed by atoms with van der Waals surface area (Å²) in [4.78, 5) is 28.5. The van der Waals surface area contributed by atoms with Gasteiger partial charge in [-0.2, -0.15) is 0 Å². The van der Waals surface area contributed by atoms with Gasteiger partial charge in [0.25, 0.3) is 0 Å². The van der Waals surface area contributed by atoms with Crippen molar-refractivity contribution in [3.8, 4) is 17.1 Å². The molecule has 31 heavy (non-hydrogen) atoms. The number of aromatic nitrogens is 1. The van der Waals surface area contributed by atoms with Crippen LogP contribution in [0.1, 0.15) is 29.9 Å². The number of halogens is 1. The third kappa shape index (κ3) is 3.74. The van der Waals surface area contributed by atoms with Gasteiger partial charge in [0.1, 0.15) is 17.1 Å². The molecule has 2 aromatic heterocycles. The largest absolute Gasteiger partial charge is 0.441 e. The van der Waals surface area contributed by atoms with E-state index in [1.165, 1.54) is 12.3 Å². The van der Waals surface area contributed by atoms with Gasteiger partial charge < -0.3 is 13.6 Å². The Balaban J connectivity index is 1.26. The van der Waals surface area contributed by atoms with Crippen molar-refractivity contribution in [2.45, 2.75) is 32.1 Å². The SMILES string of the molecule is O=C(CCc1ncc(-c2ccccc2F)o1)Oc1ccc2c3c(c(=O)oc2c1)CCC3. The number of aryl methyl sites for hydroxylation is 2. The number of benzene rings is 2. The Kier molecular flexibility index (Phi) is 4.86. The summed E-state index contributed by atoms with van der Waals surface area (Å²) in [5, 5.41) is 0.882. The lowest BCUT2D eigenvalue weighted by Gasteiger charge is -2.07. The second kappa shape index (κ2) is 7.83. The Hall–Kier alpha value is -3.74. The summed E-state index contributed by atoms with van der Waals surface area (Å²) < 4.78 is 30.2.